The van der Waals surface area contributed by atoms with Crippen LogP contribution in [0.1, 0.15) is 20.3 Å². The number of nitrogens with one attached hydrogen (secondary N) is 1. The minimum absolute atomic E-state index is 0.106. The molecule has 0 aliphatic carbocycles. The molecule has 7 heteroatoms. The van der Waals surface area contributed by atoms with E-state index in [1.165, 1.54) is 7.11 Å². The third-order valence-electron chi connectivity index (χ3n) is 4.01. The molecule has 1 unspecified atom stereocenters. The van der Waals surface area contributed by atoms with E-state index in [2.05, 4.69) is 10.1 Å². The van der Waals surface area contributed by atoms with Gasteiger partial charge >= 0.3 is 5.97 Å². The zero-order valence-corrected chi connectivity index (χ0v) is 14.3. The molecule has 7 nitrogen and oxygen atoms in total. The molecule has 2 rings (SSSR count). The van der Waals surface area contributed by atoms with E-state index in [9.17, 15) is 14.4 Å². The lowest BCUT2D eigenvalue weighted by Crippen LogP contribution is -2.52. The molecule has 0 bridgehead atoms. The number of carbonyl (C=O) groups excluding carboxylic acids is 3. The Morgan fingerprint density at radius 2 is 1.83 bits per heavy atom. The molecule has 0 spiro atoms. The summed E-state index contributed by atoms with van der Waals surface area (Å²) < 4.78 is 9.76. The number of rotatable bonds is 5. The van der Waals surface area contributed by atoms with E-state index in [1.54, 1.807) is 50.1 Å². The molecule has 2 amide bonds. The first-order valence-electron chi connectivity index (χ1n) is 7.63. The molecule has 0 aromatic heterocycles. The van der Waals surface area contributed by atoms with Crippen LogP contribution in [0.2, 0.25) is 0 Å². The number of methoxy groups -OCH3 is 2. The molecule has 24 heavy (non-hydrogen) atoms. The van der Waals surface area contributed by atoms with Gasteiger partial charge in [-0.3, -0.25) is 9.59 Å². The van der Waals surface area contributed by atoms with Crippen LogP contribution in [0.3, 0.4) is 0 Å². The Kier molecular flexibility index (Phi) is 5.11. The fourth-order valence-electron chi connectivity index (χ4n) is 2.61. The van der Waals surface area contributed by atoms with Gasteiger partial charge in [-0.25, -0.2) is 4.79 Å². The summed E-state index contributed by atoms with van der Waals surface area (Å²) in [6.45, 7) is 3.40. The van der Waals surface area contributed by atoms with Crippen LogP contribution in [0.5, 0.6) is 5.75 Å². The van der Waals surface area contributed by atoms with Gasteiger partial charge in [0, 0.05) is 18.7 Å². The average Bonchev–Trinajstić information content (AvgIpc) is 2.95. The summed E-state index contributed by atoms with van der Waals surface area (Å²) in [4.78, 5) is 37.8. The Balaban J connectivity index is 2.05. The lowest BCUT2D eigenvalue weighted by molar-refractivity contribution is -0.149. The van der Waals surface area contributed by atoms with Gasteiger partial charge in [0.2, 0.25) is 11.8 Å². The molecule has 0 radical (unpaired) electrons. The summed E-state index contributed by atoms with van der Waals surface area (Å²) in [7, 11) is 2.83. The topological polar surface area (TPSA) is 84.9 Å². The lowest BCUT2D eigenvalue weighted by Gasteiger charge is -2.25. The van der Waals surface area contributed by atoms with Crippen molar-refractivity contribution in [3.63, 3.8) is 0 Å². The van der Waals surface area contributed by atoms with Crippen molar-refractivity contribution in [1.82, 2.24) is 5.32 Å². The Morgan fingerprint density at radius 1 is 1.21 bits per heavy atom. The standard InChI is InChI=1S/C17H22N2O5/c1-17(2,16(22)24-4)18-15(21)11-9-14(20)19(10-11)12-5-7-13(23-3)8-6-12/h5-8,11H,9-10H2,1-4H3,(H,18,21). The number of ether oxygens (including phenoxy) is 2. The lowest BCUT2D eigenvalue weighted by atomic mass is 10.0. The van der Waals surface area contributed by atoms with Gasteiger partial charge in [0.1, 0.15) is 11.3 Å². The molecule has 1 aromatic carbocycles. The zero-order valence-electron chi connectivity index (χ0n) is 14.3. The van der Waals surface area contributed by atoms with Crippen molar-refractivity contribution in [1.29, 1.82) is 0 Å². The van der Waals surface area contributed by atoms with Crippen LogP contribution in [0.15, 0.2) is 24.3 Å². The quantitative estimate of drug-likeness (QED) is 0.816. The number of anilines is 1. The van der Waals surface area contributed by atoms with Crippen LogP contribution < -0.4 is 15.0 Å². The van der Waals surface area contributed by atoms with Crippen LogP contribution in [-0.4, -0.2) is 44.1 Å². The highest BCUT2D eigenvalue weighted by Gasteiger charge is 2.39. The number of hydrogen-bond donors (Lipinski definition) is 1. The zero-order chi connectivity index (χ0) is 17.9. The van der Waals surface area contributed by atoms with Crippen LogP contribution >= 0.6 is 0 Å². The first-order valence-corrected chi connectivity index (χ1v) is 7.63. The molecule has 1 atom stereocenters. The van der Waals surface area contributed by atoms with E-state index >= 15 is 0 Å². The number of hydrogen-bond acceptors (Lipinski definition) is 5. The summed E-state index contributed by atoms with van der Waals surface area (Å²) in [6.07, 6.45) is 0.106. The van der Waals surface area contributed by atoms with Crippen LogP contribution in [-0.2, 0) is 19.1 Å². The van der Waals surface area contributed by atoms with Gasteiger partial charge < -0.3 is 19.7 Å². The number of carbonyl (C=O) groups is 3. The molecule has 130 valence electrons. The molecule has 1 heterocycles. The predicted molar refractivity (Wildman–Crippen MR) is 87.7 cm³/mol. The maximum Gasteiger partial charge on any atom is 0.330 e. The summed E-state index contributed by atoms with van der Waals surface area (Å²) in [5.41, 5.74) is -0.425. The SMILES string of the molecule is COC(=O)C(C)(C)NC(=O)C1CC(=O)N(c2ccc(OC)cc2)C1. The average molecular weight is 334 g/mol. The fraction of sp³-hybridized carbons (Fsp3) is 0.471. The Labute approximate surface area is 140 Å². The van der Waals surface area contributed by atoms with Gasteiger partial charge in [0.15, 0.2) is 0 Å². The van der Waals surface area contributed by atoms with E-state index in [0.29, 0.717) is 11.4 Å². The van der Waals surface area contributed by atoms with Gasteiger partial charge in [0.05, 0.1) is 20.1 Å². The molecule has 1 saturated heterocycles. The first kappa shape index (κ1) is 17.8. The molecule has 1 fully saturated rings. The van der Waals surface area contributed by atoms with Gasteiger partial charge in [-0.2, -0.15) is 0 Å². The van der Waals surface area contributed by atoms with Crippen molar-refractivity contribution in [2.45, 2.75) is 25.8 Å². The highest BCUT2D eigenvalue weighted by Crippen LogP contribution is 2.27. The molecular formula is C17H22N2O5. The molecular weight excluding hydrogens is 312 g/mol. The van der Waals surface area contributed by atoms with Crippen LogP contribution in [0, 0.1) is 5.92 Å². The van der Waals surface area contributed by atoms with E-state index in [1.807, 2.05) is 0 Å². The maximum absolute atomic E-state index is 12.4. The normalized spacial score (nSPS) is 17.6. The number of esters is 1. The van der Waals surface area contributed by atoms with E-state index in [4.69, 9.17) is 4.74 Å². The van der Waals surface area contributed by atoms with Gasteiger partial charge in [0.25, 0.3) is 0 Å². The monoisotopic (exact) mass is 334 g/mol. The second-order valence-corrected chi connectivity index (χ2v) is 6.21. The third-order valence-corrected chi connectivity index (χ3v) is 4.01. The Bertz CT molecular complexity index is 639. The van der Waals surface area contributed by atoms with Crippen molar-refractivity contribution in [3.8, 4) is 5.75 Å². The minimum atomic E-state index is -1.14. The van der Waals surface area contributed by atoms with Crippen molar-refractivity contribution in [2.24, 2.45) is 5.92 Å². The first-order chi connectivity index (χ1) is 11.3. The van der Waals surface area contributed by atoms with Crippen molar-refractivity contribution in [2.75, 3.05) is 25.7 Å². The van der Waals surface area contributed by atoms with Gasteiger partial charge in [-0.05, 0) is 38.1 Å². The number of amides is 2. The summed E-state index contributed by atoms with van der Waals surface area (Å²) in [5.74, 6) is -0.818. The summed E-state index contributed by atoms with van der Waals surface area (Å²) >= 11 is 0. The van der Waals surface area contributed by atoms with Gasteiger partial charge in [-0.15, -0.1) is 0 Å². The van der Waals surface area contributed by atoms with Crippen LogP contribution in [0.4, 0.5) is 5.69 Å². The molecule has 0 saturated carbocycles. The maximum atomic E-state index is 12.4. The molecule has 1 aliphatic heterocycles. The van der Waals surface area contributed by atoms with Crippen LogP contribution in [0.25, 0.3) is 0 Å². The summed E-state index contributed by atoms with van der Waals surface area (Å²) in [6, 6.07) is 7.07. The molecule has 1 aromatic rings. The summed E-state index contributed by atoms with van der Waals surface area (Å²) in [5, 5.41) is 2.65. The molecule has 1 aliphatic rings. The largest absolute Gasteiger partial charge is 0.497 e. The van der Waals surface area contributed by atoms with Crippen molar-refractivity contribution in [3.05, 3.63) is 24.3 Å². The van der Waals surface area contributed by atoms with Gasteiger partial charge in [-0.1, -0.05) is 0 Å². The Hall–Kier alpha value is -2.57. The van der Waals surface area contributed by atoms with E-state index in [0.717, 1.165) is 0 Å². The second kappa shape index (κ2) is 6.90. The van der Waals surface area contributed by atoms with E-state index < -0.39 is 17.4 Å². The highest BCUT2D eigenvalue weighted by molar-refractivity contribution is 6.01. The predicted octanol–water partition coefficient (Wildman–Crippen LogP) is 1.12. The minimum Gasteiger partial charge on any atom is -0.497 e. The highest BCUT2D eigenvalue weighted by atomic mass is 16.5. The van der Waals surface area contributed by atoms with Crippen molar-refractivity contribution >= 4 is 23.5 Å². The third kappa shape index (κ3) is 3.67. The fourth-order valence-corrected chi connectivity index (χ4v) is 2.61. The smallest absolute Gasteiger partial charge is 0.330 e. The number of benzene rings is 1. The van der Waals surface area contributed by atoms with E-state index in [-0.39, 0.29) is 24.8 Å². The molecule has 1 N–H and O–H groups in total. The van der Waals surface area contributed by atoms with Crippen molar-refractivity contribution < 1.29 is 23.9 Å². The Morgan fingerprint density at radius 3 is 2.38 bits per heavy atom. The number of nitrogens with zero attached hydrogens (tertiary/aromatic N) is 1. The second-order valence-electron chi connectivity index (χ2n) is 6.21.